The van der Waals surface area contributed by atoms with Crippen molar-refractivity contribution in [2.75, 3.05) is 45.1 Å². The van der Waals surface area contributed by atoms with Gasteiger partial charge in [0.1, 0.15) is 54.7 Å². The maximum atomic E-state index is 13.9. The molecule has 1 fully saturated rings. The zero-order valence-corrected chi connectivity index (χ0v) is 38.4. The van der Waals surface area contributed by atoms with Gasteiger partial charge in [0.2, 0.25) is 0 Å². The maximum Gasteiger partial charge on any atom is 0.490 e. The molecule has 1 aliphatic heterocycles. The summed E-state index contributed by atoms with van der Waals surface area (Å²) in [5.74, 6) is -5.74. The Hall–Kier alpha value is -5.87. The van der Waals surface area contributed by atoms with Gasteiger partial charge in [-0.15, -0.1) is 0 Å². The van der Waals surface area contributed by atoms with Crippen molar-refractivity contribution in [3.63, 3.8) is 0 Å². The van der Waals surface area contributed by atoms with Gasteiger partial charge < -0.3 is 87.0 Å². The van der Waals surface area contributed by atoms with Gasteiger partial charge in [-0.2, -0.15) is 26.3 Å². The van der Waals surface area contributed by atoms with Gasteiger partial charge in [-0.3, -0.25) is 14.5 Å². The van der Waals surface area contributed by atoms with E-state index in [1.165, 1.54) is 4.90 Å². The number of carbonyl (C=O) groups excluding carboxylic acids is 3. The standard InChI is InChI=1S/C37H55N9O12.2C2HF3O2/c1-3-45-22-6-5-19(13-23(22)46(4-2)28(45)14-40-36(57)29-34(38)42-35-21(41-29)7-10-39-35)37(58)43-11-8-20(9-12-43)44(15-24(49)30(53)32(55)26(51)17-47)16-25(50)31(54)33(56)27(52)18-48;2*3-2(4,5)1(6)7/h5-7,10,13,20,24-27,30-33,47-56H,3-4,8-9,11-12,14-18H2,1-2H3,(H3-,38,39,40,41,42,57);2*(H,6,7)/t24-,25-,26+,27+,30+,31+,32+,33+;;/m0../s1. The molecule has 0 unspecified atom stereocenters. The summed E-state index contributed by atoms with van der Waals surface area (Å²) < 4.78 is 67.3. The van der Waals surface area contributed by atoms with Crippen LogP contribution >= 0.6 is 0 Å². The number of aliphatic hydroxyl groups is 10. The van der Waals surface area contributed by atoms with Crippen LogP contribution in [0.2, 0.25) is 0 Å². The Labute approximate surface area is 403 Å². The zero-order chi connectivity index (χ0) is 54.6. The number of nitrogen functional groups attached to an aromatic ring is 1. The molecule has 0 aliphatic carbocycles. The molecular weight excluding hydrogens is 988 g/mol. The Morgan fingerprint density at radius 3 is 1.79 bits per heavy atom. The first-order valence-electron chi connectivity index (χ1n) is 21.8. The molecule has 404 valence electrons. The fraction of sp³-hybridized carbons (Fsp3) is 0.585. The molecule has 4 heterocycles. The highest BCUT2D eigenvalue weighted by Crippen LogP contribution is 2.24. The fourth-order valence-electron chi connectivity index (χ4n) is 7.53. The number of nitrogens with two attached hydrogens (primary N) is 1. The summed E-state index contributed by atoms with van der Waals surface area (Å²) in [5, 5.41) is 120. The highest BCUT2D eigenvalue weighted by molar-refractivity contribution is 5.98. The zero-order valence-electron chi connectivity index (χ0n) is 38.4. The monoisotopic (exact) mass is 1050 g/mol. The van der Waals surface area contributed by atoms with Gasteiger partial charge in [0.05, 0.1) is 38.5 Å². The van der Waals surface area contributed by atoms with E-state index in [1.807, 2.05) is 29.0 Å². The maximum absolute atomic E-state index is 13.9. The summed E-state index contributed by atoms with van der Waals surface area (Å²) in [6.07, 6.45) is -22.6. The minimum absolute atomic E-state index is 0.00462. The third-order valence-electron chi connectivity index (χ3n) is 11.3. The molecule has 25 nitrogen and oxygen atoms in total. The molecule has 1 aromatic carbocycles. The number of rotatable bonds is 19. The molecule has 31 heteroatoms. The van der Waals surface area contributed by atoms with Gasteiger partial charge in [0.15, 0.2) is 28.2 Å². The van der Waals surface area contributed by atoms with Crippen molar-refractivity contribution < 1.29 is 111 Å². The molecule has 2 amide bonds. The minimum Gasteiger partial charge on any atom is -0.542 e. The number of aromatic nitrogens is 5. The Bertz CT molecular complexity index is 2380. The molecular formula is C41H57F6N9O16. The number of aromatic amines is 1. The Balaban J connectivity index is 0.000000853. The average Bonchev–Trinajstić information content (AvgIpc) is 3.93. The van der Waals surface area contributed by atoms with Crippen LogP contribution in [0, 0.1) is 0 Å². The predicted molar refractivity (Wildman–Crippen MR) is 230 cm³/mol. The van der Waals surface area contributed by atoms with E-state index in [0.717, 1.165) is 16.9 Å². The van der Waals surface area contributed by atoms with Gasteiger partial charge in [0.25, 0.3) is 17.6 Å². The molecule has 0 bridgehead atoms. The van der Waals surface area contributed by atoms with Crippen LogP contribution in [-0.4, -0.2) is 216 Å². The van der Waals surface area contributed by atoms with Crippen LogP contribution in [0.1, 0.15) is 53.4 Å². The molecule has 0 radical (unpaired) electrons. The summed E-state index contributed by atoms with van der Waals surface area (Å²) >= 11 is 0. The van der Waals surface area contributed by atoms with E-state index in [2.05, 4.69) is 20.3 Å². The summed E-state index contributed by atoms with van der Waals surface area (Å²) in [7, 11) is 0. The number of fused-ring (bicyclic) bond motifs is 2. The van der Waals surface area contributed by atoms with Crippen molar-refractivity contribution in [1.29, 1.82) is 0 Å². The lowest BCUT2D eigenvalue weighted by molar-refractivity contribution is -0.676. The molecule has 72 heavy (non-hydrogen) atoms. The lowest BCUT2D eigenvalue weighted by Gasteiger charge is -2.41. The number of aryl methyl sites for hydroxylation is 2. The van der Waals surface area contributed by atoms with Crippen LogP contribution in [-0.2, 0) is 29.2 Å². The summed E-state index contributed by atoms with van der Waals surface area (Å²) in [4.78, 5) is 59.5. The van der Waals surface area contributed by atoms with Crippen molar-refractivity contribution in [2.24, 2.45) is 0 Å². The van der Waals surface area contributed by atoms with Crippen LogP contribution in [0.15, 0.2) is 30.5 Å². The Morgan fingerprint density at radius 2 is 1.35 bits per heavy atom. The molecule has 5 rings (SSSR count). The van der Waals surface area contributed by atoms with Crippen molar-refractivity contribution >= 4 is 51.8 Å². The van der Waals surface area contributed by atoms with Crippen LogP contribution in [0.5, 0.6) is 0 Å². The Morgan fingerprint density at radius 1 is 0.847 bits per heavy atom. The SMILES string of the molecule is CCn1c(CNC(=O)c2nc3cc[nH]c3nc2N)[n+](CC)c2ccc(C(=O)N3CCC(N(C[C@H](O)[C@@H](O)[C@H](O)[C@H](O)CO)C[C@H](O)[C@@H](O)[C@H](O)[C@H](O)CO)CC3)cc21.O=C(O)C(F)(F)F.O=C([O-])C(F)(F)F. The molecule has 1 saturated heterocycles. The normalized spacial score (nSPS) is 16.9. The quantitative estimate of drug-likeness (QED) is 0.0311. The highest BCUT2D eigenvalue weighted by Gasteiger charge is 2.39. The van der Waals surface area contributed by atoms with Crippen LogP contribution in [0.4, 0.5) is 32.2 Å². The van der Waals surface area contributed by atoms with E-state index >= 15 is 0 Å². The fourth-order valence-corrected chi connectivity index (χ4v) is 7.53. The van der Waals surface area contributed by atoms with Gasteiger partial charge in [-0.25, -0.2) is 23.9 Å². The molecule has 1 aliphatic rings. The number of carbonyl (C=O) groups is 4. The third kappa shape index (κ3) is 15.6. The number of amides is 2. The van der Waals surface area contributed by atoms with E-state index in [9.17, 15) is 87.0 Å². The first kappa shape index (κ1) is 60.4. The first-order chi connectivity index (χ1) is 33.5. The molecule has 3 aromatic heterocycles. The highest BCUT2D eigenvalue weighted by atomic mass is 19.4. The van der Waals surface area contributed by atoms with Gasteiger partial charge in [-0.1, -0.05) is 0 Å². The van der Waals surface area contributed by atoms with Crippen LogP contribution < -0.4 is 20.7 Å². The number of H-pyrrole nitrogens is 1. The number of carboxylic acids is 2. The van der Waals surface area contributed by atoms with Crippen LogP contribution in [0.3, 0.4) is 0 Å². The largest absolute Gasteiger partial charge is 0.542 e. The molecule has 15 N–H and O–H groups in total. The molecule has 8 atom stereocenters. The number of halogens is 6. The number of likely N-dealkylation sites (tertiary alicyclic amines) is 1. The Kier molecular flexibility index (Phi) is 22.0. The van der Waals surface area contributed by atoms with Crippen molar-refractivity contribution in [2.45, 2.75) is 114 Å². The predicted octanol–water partition coefficient (Wildman–Crippen LogP) is -4.54. The van der Waals surface area contributed by atoms with Crippen molar-refractivity contribution in [1.82, 2.24) is 34.6 Å². The lowest BCUT2D eigenvalue weighted by atomic mass is 9.97. The number of imidazole rings is 1. The van der Waals surface area contributed by atoms with E-state index < -0.39 is 111 Å². The van der Waals surface area contributed by atoms with Gasteiger partial charge in [0, 0.05) is 50.0 Å². The molecule has 0 saturated carbocycles. The second kappa shape index (κ2) is 26.2. The van der Waals surface area contributed by atoms with Gasteiger partial charge in [-0.05, 0) is 44.9 Å². The smallest absolute Gasteiger partial charge is 0.490 e. The van der Waals surface area contributed by atoms with Gasteiger partial charge >= 0.3 is 18.3 Å². The first-order valence-corrected chi connectivity index (χ1v) is 21.8. The number of anilines is 1. The summed E-state index contributed by atoms with van der Waals surface area (Å²) in [6.45, 7) is 3.06. The number of hydrogen-bond acceptors (Lipinski definition) is 19. The van der Waals surface area contributed by atoms with Crippen LogP contribution in [0.25, 0.3) is 22.2 Å². The average molecular weight is 1050 g/mol. The second-order valence-electron chi connectivity index (χ2n) is 16.1. The number of aliphatic carboxylic acids is 2. The van der Waals surface area contributed by atoms with E-state index in [0.29, 0.717) is 42.7 Å². The van der Waals surface area contributed by atoms with E-state index in [1.54, 1.807) is 29.3 Å². The lowest BCUT2D eigenvalue weighted by Crippen LogP contribution is -2.56. The number of alkyl halides is 6. The number of benzene rings is 1. The van der Waals surface area contributed by atoms with Crippen molar-refractivity contribution in [3.8, 4) is 0 Å². The molecule has 0 spiro atoms. The third-order valence-corrected chi connectivity index (χ3v) is 11.3. The number of nitrogens with one attached hydrogen (secondary N) is 2. The number of carboxylic acid groups (broad SMARTS) is 2. The number of hydrogen-bond donors (Lipinski definition) is 14. The second-order valence-corrected chi connectivity index (χ2v) is 16.1. The summed E-state index contributed by atoms with van der Waals surface area (Å²) in [6, 6.07) is 6.61. The van der Waals surface area contributed by atoms with E-state index in [4.69, 9.17) is 25.5 Å². The number of piperidine rings is 1. The van der Waals surface area contributed by atoms with E-state index in [-0.39, 0.29) is 37.1 Å². The number of aliphatic hydroxyl groups excluding tert-OH is 10. The summed E-state index contributed by atoms with van der Waals surface area (Å²) in [5.41, 5.74) is 9.05. The topological polar surface area (TPSA) is 409 Å². The minimum atomic E-state index is -5.19. The van der Waals surface area contributed by atoms with Crippen molar-refractivity contribution in [3.05, 3.63) is 47.5 Å². The molecule has 4 aromatic rings. The number of nitrogens with zero attached hydrogens (tertiary/aromatic N) is 6.